The van der Waals surface area contributed by atoms with Gasteiger partial charge in [0.05, 0.1) is 17.9 Å². The zero-order valence-corrected chi connectivity index (χ0v) is 19.8. The van der Waals surface area contributed by atoms with Crippen LogP contribution in [0.1, 0.15) is 52.7 Å². The third-order valence-corrected chi connectivity index (χ3v) is 8.46. The van der Waals surface area contributed by atoms with Gasteiger partial charge in [0.15, 0.2) is 11.5 Å². The van der Waals surface area contributed by atoms with Crippen LogP contribution in [-0.2, 0) is 16.6 Å². The molecule has 2 aliphatic heterocycles. The van der Waals surface area contributed by atoms with E-state index >= 15 is 0 Å². The van der Waals surface area contributed by atoms with Crippen molar-refractivity contribution in [2.45, 2.75) is 43.6 Å². The Morgan fingerprint density at radius 3 is 2.70 bits per heavy atom. The summed E-state index contributed by atoms with van der Waals surface area (Å²) in [7, 11) is 0. The van der Waals surface area contributed by atoms with Crippen LogP contribution < -0.4 is 9.47 Å². The maximum absolute atomic E-state index is 13.4. The zero-order valence-electron chi connectivity index (χ0n) is 18.3. The molecule has 6 rings (SSSR count). The van der Waals surface area contributed by atoms with Gasteiger partial charge in [-0.25, -0.2) is 4.98 Å². The maximum Gasteiger partial charge on any atom is 0.231 e. The summed E-state index contributed by atoms with van der Waals surface area (Å²) in [4.78, 5) is 21.7. The van der Waals surface area contributed by atoms with Gasteiger partial charge < -0.3 is 9.47 Å². The zero-order chi connectivity index (χ0) is 22.4. The Bertz CT molecular complexity index is 1200. The second-order valence-electron chi connectivity index (χ2n) is 9.07. The predicted octanol–water partition coefficient (Wildman–Crippen LogP) is 5.55. The molecule has 0 bridgehead atoms. The van der Waals surface area contributed by atoms with Crippen molar-refractivity contribution in [3.63, 3.8) is 0 Å². The molecular weight excluding hydrogens is 456 g/mol. The normalized spacial score (nSPS) is 19.5. The Kier molecular flexibility index (Phi) is 5.40. The summed E-state index contributed by atoms with van der Waals surface area (Å²) in [5.74, 6) is 1.72. The number of halogens is 1. The largest absolute Gasteiger partial charge is 0.454 e. The number of ketones is 1. The van der Waals surface area contributed by atoms with Crippen LogP contribution in [0.4, 0.5) is 0 Å². The summed E-state index contributed by atoms with van der Waals surface area (Å²) in [5, 5.41) is 1.65. The van der Waals surface area contributed by atoms with Gasteiger partial charge in [-0.05, 0) is 68.1 Å². The highest BCUT2D eigenvalue weighted by Gasteiger charge is 2.51. The van der Waals surface area contributed by atoms with E-state index in [1.807, 2.05) is 42.6 Å². The number of Topliss-reactive ketones (excluding diaryl/α,β-unsaturated/α-hetero) is 1. The predicted molar refractivity (Wildman–Crippen MR) is 128 cm³/mol. The second-order valence-corrected chi connectivity index (χ2v) is 10.6. The molecule has 0 radical (unpaired) electrons. The lowest BCUT2D eigenvalue weighted by molar-refractivity contribution is -0.120. The number of ether oxygens (including phenoxy) is 2. The van der Waals surface area contributed by atoms with Crippen LogP contribution in [-0.4, -0.2) is 35.5 Å². The number of aromatic nitrogens is 1. The van der Waals surface area contributed by atoms with Gasteiger partial charge in [0.1, 0.15) is 10.8 Å². The average molecular weight is 481 g/mol. The number of thiazole rings is 1. The second kappa shape index (κ2) is 8.42. The molecule has 1 aromatic heterocycles. The van der Waals surface area contributed by atoms with E-state index in [0.717, 1.165) is 63.5 Å². The van der Waals surface area contributed by atoms with E-state index < -0.39 is 5.41 Å². The molecule has 3 heterocycles. The number of likely N-dealkylation sites (tertiary alicyclic amines) is 1. The first kappa shape index (κ1) is 21.1. The summed E-state index contributed by atoms with van der Waals surface area (Å²) in [6, 6.07) is 14.0. The molecule has 3 aromatic rings. The van der Waals surface area contributed by atoms with Gasteiger partial charge in [0, 0.05) is 16.1 Å². The number of nitrogens with zero attached hydrogens (tertiary/aromatic N) is 2. The Morgan fingerprint density at radius 2 is 1.91 bits per heavy atom. The number of rotatable bonds is 7. The Balaban J connectivity index is 1.25. The topological polar surface area (TPSA) is 51.7 Å². The summed E-state index contributed by atoms with van der Waals surface area (Å²) in [6.45, 7) is 2.34. The average Bonchev–Trinajstić information content (AvgIpc) is 3.19. The quantitative estimate of drug-likeness (QED) is 0.443. The number of carbonyl (C=O) groups excluding carboxylic acids is 1. The van der Waals surface area contributed by atoms with Gasteiger partial charge in [0.2, 0.25) is 6.79 Å². The van der Waals surface area contributed by atoms with Crippen molar-refractivity contribution in [3.8, 4) is 11.5 Å². The van der Waals surface area contributed by atoms with E-state index in [9.17, 15) is 4.79 Å². The highest BCUT2D eigenvalue weighted by molar-refractivity contribution is 7.11. The highest BCUT2D eigenvalue weighted by Crippen LogP contribution is 2.51. The van der Waals surface area contributed by atoms with Crippen LogP contribution in [0.25, 0.3) is 0 Å². The van der Waals surface area contributed by atoms with Crippen LogP contribution in [0.2, 0.25) is 5.02 Å². The molecule has 0 amide bonds. The fourth-order valence-corrected chi connectivity index (χ4v) is 6.43. The molecule has 2 fully saturated rings. The molecule has 0 spiro atoms. The lowest BCUT2D eigenvalue weighted by Crippen LogP contribution is -2.26. The molecule has 1 aliphatic carbocycles. The monoisotopic (exact) mass is 480 g/mol. The fraction of sp³-hybridized carbons (Fsp3) is 0.385. The molecule has 5 nitrogen and oxygen atoms in total. The van der Waals surface area contributed by atoms with Crippen molar-refractivity contribution in [2.24, 2.45) is 0 Å². The van der Waals surface area contributed by atoms with Gasteiger partial charge in [-0.3, -0.25) is 9.69 Å². The molecule has 3 aliphatic rings. The van der Waals surface area contributed by atoms with E-state index in [1.54, 1.807) is 11.3 Å². The maximum atomic E-state index is 13.4. The first-order chi connectivity index (χ1) is 16.1. The van der Waals surface area contributed by atoms with Gasteiger partial charge in [-0.1, -0.05) is 35.9 Å². The molecule has 33 heavy (non-hydrogen) atoms. The Labute approximate surface area is 202 Å². The molecule has 1 saturated heterocycles. The minimum Gasteiger partial charge on any atom is -0.454 e. The van der Waals surface area contributed by atoms with E-state index in [0.29, 0.717) is 6.42 Å². The van der Waals surface area contributed by atoms with E-state index in [2.05, 4.69) is 16.0 Å². The van der Waals surface area contributed by atoms with Crippen LogP contribution in [0.5, 0.6) is 11.5 Å². The van der Waals surface area contributed by atoms with Gasteiger partial charge in [0.25, 0.3) is 0 Å². The van der Waals surface area contributed by atoms with E-state index in [1.165, 1.54) is 12.8 Å². The summed E-state index contributed by atoms with van der Waals surface area (Å²) >= 11 is 8.24. The highest BCUT2D eigenvalue weighted by atomic mass is 35.5. The third kappa shape index (κ3) is 3.84. The van der Waals surface area contributed by atoms with Crippen molar-refractivity contribution in [1.82, 2.24) is 9.88 Å². The lowest BCUT2D eigenvalue weighted by Gasteiger charge is -2.27. The van der Waals surface area contributed by atoms with Crippen molar-refractivity contribution in [3.05, 3.63) is 74.7 Å². The SMILES string of the molecule is O=C(Cc1ncc([C@H](c2ccccc2Cl)N2CCCC2)s1)C1(c2ccc3c(c2)OCO3)CC1. The van der Waals surface area contributed by atoms with E-state index in [4.69, 9.17) is 21.1 Å². The lowest BCUT2D eigenvalue weighted by atomic mass is 9.89. The van der Waals surface area contributed by atoms with Crippen LogP contribution in [0.15, 0.2) is 48.7 Å². The summed E-state index contributed by atoms with van der Waals surface area (Å²) in [6.07, 6.45) is 6.44. The minimum atomic E-state index is -0.413. The van der Waals surface area contributed by atoms with Crippen molar-refractivity contribution < 1.29 is 14.3 Å². The number of benzene rings is 2. The first-order valence-corrected chi connectivity index (χ1v) is 12.7. The van der Waals surface area contributed by atoms with Crippen LogP contribution >= 0.6 is 22.9 Å². The molecule has 2 aromatic carbocycles. The van der Waals surface area contributed by atoms with Gasteiger partial charge >= 0.3 is 0 Å². The van der Waals surface area contributed by atoms with Crippen molar-refractivity contribution >= 4 is 28.7 Å². The Morgan fingerprint density at radius 1 is 1.12 bits per heavy atom. The number of carbonyl (C=O) groups is 1. The number of hydrogen-bond acceptors (Lipinski definition) is 6. The summed E-state index contributed by atoms with van der Waals surface area (Å²) < 4.78 is 11.0. The molecular formula is C26H25ClN2O3S. The summed E-state index contributed by atoms with van der Waals surface area (Å²) in [5.41, 5.74) is 1.73. The standard InChI is InChI=1S/C26H25ClN2O3S/c27-19-6-2-1-5-18(19)25(29-11-3-4-12-29)22-15-28-24(33-22)14-23(30)26(9-10-26)17-7-8-20-21(13-17)32-16-31-20/h1-2,5-8,13,15,25H,3-4,9-12,14,16H2/t25-/m0/s1. The minimum absolute atomic E-state index is 0.0892. The molecule has 170 valence electrons. The molecule has 1 atom stereocenters. The van der Waals surface area contributed by atoms with Crippen molar-refractivity contribution in [2.75, 3.05) is 19.9 Å². The van der Waals surface area contributed by atoms with Gasteiger partial charge in [-0.15, -0.1) is 11.3 Å². The number of hydrogen-bond donors (Lipinski definition) is 0. The van der Waals surface area contributed by atoms with E-state index in [-0.39, 0.29) is 18.6 Å². The molecule has 1 saturated carbocycles. The van der Waals surface area contributed by atoms with Crippen molar-refractivity contribution in [1.29, 1.82) is 0 Å². The molecule has 7 heteroatoms. The van der Waals surface area contributed by atoms with Crippen LogP contribution in [0.3, 0.4) is 0 Å². The smallest absolute Gasteiger partial charge is 0.231 e. The first-order valence-electron chi connectivity index (χ1n) is 11.5. The third-order valence-electron chi connectivity index (χ3n) is 7.07. The Hall–Kier alpha value is -2.41. The molecule has 0 N–H and O–H groups in total. The van der Waals surface area contributed by atoms with Crippen LogP contribution in [0, 0.1) is 0 Å². The number of fused-ring (bicyclic) bond motifs is 1. The fourth-order valence-electron chi connectivity index (χ4n) is 5.11. The van der Waals surface area contributed by atoms with Gasteiger partial charge in [-0.2, -0.15) is 0 Å². The molecule has 0 unspecified atom stereocenters.